The molecule has 10 heteroatoms. The average molecular weight is 341 g/mol. The molecule has 122 valence electrons. The maximum Gasteiger partial charge on any atom is 0.249 e. The van der Waals surface area contributed by atoms with Crippen LogP contribution >= 0.6 is 0 Å². The van der Waals surface area contributed by atoms with Gasteiger partial charge >= 0.3 is 0 Å². The van der Waals surface area contributed by atoms with Crippen LogP contribution in [0.15, 0.2) is 24.4 Å². The summed E-state index contributed by atoms with van der Waals surface area (Å²) in [6.07, 6.45) is 1.78. The summed E-state index contributed by atoms with van der Waals surface area (Å²) in [4.78, 5) is 4.04. The number of hydrogen-bond donors (Lipinski definition) is 2. The number of aromatic nitrogens is 3. The molecule has 2 N–H and O–H groups in total. The second-order valence-electron chi connectivity index (χ2n) is 5.13. The number of benzene rings is 1. The molecular weight excluding hydrogens is 328 g/mol. The van der Waals surface area contributed by atoms with Gasteiger partial charge in [-0.2, -0.15) is 10.1 Å². The van der Waals surface area contributed by atoms with E-state index in [9.17, 15) is 17.2 Å². The van der Waals surface area contributed by atoms with Crippen LogP contribution in [0.5, 0.6) is 0 Å². The Balaban J connectivity index is 1.75. The highest BCUT2D eigenvalue weighted by Gasteiger charge is 2.28. The summed E-state index contributed by atoms with van der Waals surface area (Å²) in [5.74, 6) is -1.25. The van der Waals surface area contributed by atoms with Gasteiger partial charge in [-0.3, -0.25) is 0 Å². The molecule has 2 heterocycles. The van der Waals surface area contributed by atoms with Gasteiger partial charge < -0.3 is 10.6 Å². The zero-order valence-corrected chi connectivity index (χ0v) is 12.6. The van der Waals surface area contributed by atoms with Crippen molar-refractivity contribution in [3.63, 3.8) is 0 Å². The summed E-state index contributed by atoms with van der Waals surface area (Å²) in [6, 6.07) is 3.18. The summed E-state index contributed by atoms with van der Waals surface area (Å²) in [5.41, 5.74) is -0.380. The fourth-order valence-corrected chi connectivity index (χ4v) is 3.95. The third-order valence-electron chi connectivity index (χ3n) is 3.34. The van der Waals surface area contributed by atoms with Gasteiger partial charge in [0.15, 0.2) is 15.7 Å². The van der Waals surface area contributed by atoms with Gasteiger partial charge in [-0.15, -0.1) is 5.10 Å². The van der Waals surface area contributed by atoms with Crippen molar-refractivity contribution in [1.29, 1.82) is 0 Å². The first-order chi connectivity index (χ1) is 10.9. The van der Waals surface area contributed by atoms with Crippen LogP contribution in [0.2, 0.25) is 0 Å². The van der Waals surface area contributed by atoms with Gasteiger partial charge in [0.2, 0.25) is 5.95 Å². The lowest BCUT2D eigenvalue weighted by atomic mass is 10.3. The fraction of sp³-hybridized carbons (Fsp3) is 0.308. The van der Waals surface area contributed by atoms with Gasteiger partial charge in [0.25, 0.3) is 0 Å². The molecule has 7 nitrogen and oxygen atoms in total. The molecule has 1 fully saturated rings. The molecule has 0 aliphatic carbocycles. The first-order valence-corrected chi connectivity index (χ1v) is 8.63. The van der Waals surface area contributed by atoms with E-state index in [0.717, 1.165) is 12.1 Å². The Labute approximate surface area is 131 Å². The molecule has 0 spiro atoms. The molecular formula is C13H13F2N5O2S. The van der Waals surface area contributed by atoms with E-state index in [1.165, 1.54) is 12.3 Å². The lowest BCUT2D eigenvalue weighted by molar-refractivity contribution is 0.590. The molecule has 1 atom stereocenters. The van der Waals surface area contributed by atoms with Gasteiger partial charge in [0.05, 0.1) is 17.7 Å². The first kappa shape index (κ1) is 15.5. The van der Waals surface area contributed by atoms with Gasteiger partial charge in [0.1, 0.15) is 17.3 Å². The van der Waals surface area contributed by atoms with Crippen LogP contribution in [-0.2, 0) is 9.84 Å². The topological polar surface area (TPSA) is 96.9 Å². The Bertz CT molecular complexity index is 811. The largest absolute Gasteiger partial charge is 0.365 e. The van der Waals surface area contributed by atoms with Crippen molar-refractivity contribution in [3.8, 4) is 0 Å². The molecule has 1 aliphatic heterocycles. The van der Waals surface area contributed by atoms with E-state index in [4.69, 9.17) is 0 Å². The van der Waals surface area contributed by atoms with Crippen molar-refractivity contribution in [2.45, 2.75) is 12.5 Å². The molecule has 1 aromatic heterocycles. The minimum Gasteiger partial charge on any atom is -0.365 e. The number of nitrogens with one attached hydrogen (secondary N) is 2. The van der Waals surface area contributed by atoms with Crippen LogP contribution in [0.1, 0.15) is 6.42 Å². The monoisotopic (exact) mass is 341 g/mol. The predicted octanol–water partition coefficient (Wildman–Crippen LogP) is 1.49. The number of para-hydroxylation sites is 1. The van der Waals surface area contributed by atoms with Gasteiger partial charge in [-0.25, -0.2) is 17.2 Å². The lowest BCUT2D eigenvalue weighted by Crippen LogP contribution is -2.21. The Morgan fingerprint density at radius 3 is 2.61 bits per heavy atom. The molecule has 0 bridgehead atoms. The van der Waals surface area contributed by atoms with E-state index in [1.807, 2.05) is 0 Å². The smallest absolute Gasteiger partial charge is 0.249 e. The van der Waals surface area contributed by atoms with Gasteiger partial charge in [-0.05, 0) is 18.6 Å². The molecule has 1 saturated heterocycles. The molecule has 3 rings (SSSR count). The number of anilines is 3. The Morgan fingerprint density at radius 2 is 1.96 bits per heavy atom. The third kappa shape index (κ3) is 3.70. The normalized spacial score (nSPS) is 19.5. The van der Waals surface area contributed by atoms with Crippen LogP contribution in [0, 0.1) is 11.6 Å². The summed E-state index contributed by atoms with van der Waals surface area (Å²) in [5, 5.41) is 12.7. The standard InChI is InChI=1S/C13H13F2N5O2S/c14-9-2-1-3-10(15)12(9)19-13-18-11(6-16-20-13)17-8-4-5-23(21,22)7-8/h1-3,6,8H,4-5,7H2,(H2,17,18,19,20). The molecule has 1 aromatic carbocycles. The molecule has 0 amide bonds. The van der Waals surface area contributed by atoms with Crippen LogP contribution in [0.25, 0.3) is 0 Å². The van der Waals surface area contributed by atoms with Gasteiger partial charge in [0, 0.05) is 6.04 Å². The van der Waals surface area contributed by atoms with Crippen molar-refractivity contribution < 1.29 is 17.2 Å². The quantitative estimate of drug-likeness (QED) is 0.869. The highest BCUT2D eigenvalue weighted by Crippen LogP contribution is 2.22. The van der Waals surface area contributed by atoms with E-state index >= 15 is 0 Å². The number of halogens is 2. The van der Waals surface area contributed by atoms with Crippen LogP contribution in [0.3, 0.4) is 0 Å². The highest BCUT2D eigenvalue weighted by atomic mass is 32.2. The second-order valence-corrected chi connectivity index (χ2v) is 7.36. The number of hydrogen-bond acceptors (Lipinski definition) is 7. The summed E-state index contributed by atoms with van der Waals surface area (Å²) in [6.45, 7) is 0. The van der Waals surface area contributed by atoms with E-state index in [-0.39, 0.29) is 35.0 Å². The van der Waals surface area contributed by atoms with E-state index in [1.54, 1.807) is 0 Å². The highest BCUT2D eigenvalue weighted by molar-refractivity contribution is 7.91. The van der Waals surface area contributed by atoms with Gasteiger partial charge in [-0.1, -0.05) is 6.07 Å². The first-order valence-electron chi connectivity index (χ1n) is 6.81. The third-order valence-corrected chi connectivity index (χ3v) is 5.11. The zero-order valence-electron chi connectivity index (χ0n) is 11.8. The predicted molar refractivity (Wildman–Crippen MR) is 80.1 cm³/mol. The van der Waals surface area contributed by atoms with Crippen LogP contribution in [-0.4, -0.2) is 41.1 Å². The number of nitrogens with zero attached hydrogens (tertiary/aromatic N) is 3. The molecule has 23 heavy (non-hydrogen) atoms. The molecule has 1 unspecified atom stereocenters. The SMILES string of the molecule is O=S1(=O)CCC(Nc2cnnc(Nc3c(F)cccc3F)n2)C1. The summed E-state index contributed by atoms with van der Waals surface area (Å²) < 4.78 is 50.0. The second kappa shape index (κ2) is 6.03. The minimum absolute atomic E-state index is 0.0156. The molecule has 1 aliphatic rings. The van der Waals surface area contributed by atoms with E-state index < -0.39 is 21.5 Å². The minimum atomic E-state index is -3.03. The van der Waals surface area contributed by atoms with E-state index in [0.29, 0.717) is 6.42 Å². The molecule has 2 aromatic rings. The van der Waals surface area contributed by atoms with Crippen molar-refractivity contribution in [2.75, 3.05) is 22.1 Å². The number of sulfone groups is 1. The summed E-state index contributed by atoms with van der Waals surface area (Å²) >= 11 is 0. The average Bonchev–Trinajstić information content (AvgIpc) is 2.82. The van der Waals surface area contributed by atoms with Crippen LogP contribution < -0.4 is 10.6 Å². The Hall–Kier alpha value is -2.36. The van der Waals surface area contributed by atoms with Crippen LogP contribution in [0.4, 0.5) is 26.2 Å². The Morgan fingerprint density at radius 1 is 1.22 bits per heavy atom. The maximum atomic E-state index is 13.6. The van der Waals surface area contributed by atoms with E-state index in [2.05, 4.69) is 25.8 Å². The molecule has 0 radical (unpaired) electrons. The lowest BCUT2D eigenvalue weighted by Gasteiger charge is -2.12. The zero-order chi connectivity index (χ0) is 16.4. The van der Waals surface area contributed by atoms with Crippen molar-refractivity contribution in [1.82, 2.24) is 15.2 Å². The van der Waals surface area contributed by atoms with Crippen molar-refractivity contribution >= 4 is 27.3 Å². The number of rotatable bonds is 4. The Kier molecular flexibility index (Phi) is 4.07. The maximum absolute atomic E-state index is 13.6. The van der Waals surface area contributed by atoms with Crippen molar-refractivity contribution in [3.05, 3.63) is 36.0 Å². The van der Waals surface area contributed by atoms with Crippen molar-refractivity contribution in [2.24, 2.45) is 0 Å². The molecule has 0 saturated carbocycles. The fourth-order valence-electron chi connectivity index (χ4n) is 2.27. The summed E-state index contributed by atoms with van der Waals surface area (Å²) in [7, 11) is -3.03.